The molecule has 0 radical (unpaired) electrons. The van der Waals surface area contributed by atoms with E-state index in [0.29, 0.717) is 6.42 Å². The van der Waals surface area contributed by atoms with E-state index in [-0.39, 0.29) is 48.7 Å². The zero-order valence-electron chi connectivity index (χ0n) is 33.3. The lowest BCUT2D eigenvalue weighted by Gasteiger charge is -2.36. The zero-order chi connectivity index (χ0) is 46.8. The summed E-state index contributed by atoms with van der Waals surface area (Å²) in [5.74, 6) is -12.4. The van der Waals surface area contributed by atoms with Crippen molar-refractivity contribution in [1.82, 2.24) is 41.2 Å². The summed E-state index contributed by atoms with van der Waals surface area (Å²) in [7, 11) is 0. The molecule has 27 heteroatoms. The summed E-state index contributed by atoms with van der Waals surface area (Å²) in [5.41, 5.74) is 11.2. The number of amides is 4. The van der Waals surface area contributed by atoms with Gasteiger partial charge in [-0.05, 0) is 31.7 Å². The molecule has 63 heavy (non-hydrogen) atoms. The maximum Gasteiger partial charge on any atom is 0.322 e. The zero-order valence-corrected chi connectivity index (χ0v) is 35.0. The van der Waals surface area contributed by atoms with E-state index >= 15 is 0 Å². The van der Waals surface area contributed by atoms with Crippen molar-refractivity contribution in [2.75, 3.05) is 24.6 Å². The van der Waals surface area contributed by atoms with Gasteiger partial charge in [0.15, 0.2) is 0 Å². The van der Waals surface area contributed by atoms with Gasteiger partial charge in [0.1, 0.15) is 48.9 Å². The van der Waals surface area contributed by atoms with Crippen molar-refractivity contribution in [2.45, 2.75) is 79.6 Å². The molecule has 0 saturated heterocycles. The quantitative estimate of drug-likeness (QED) is 0.0471. The van der Waals surface area contributed by atoms with Crippen molar-refractivity contribution in [1.29, 1.82) is 0 Å². The predicted molar refractivity (Wildman–Crippen MR) is 218 cm³/mol. The number of thioether (sulfide) groups is 2. The van der Waals surface area contributed by atoms with Crippen LogP contribution in [0.25, 0.3) is 0 Å². The van der Waals surface area contributed by atoms with Gasteiger partial charge in [0.25, 0.3) is 0 Å². The Balaban J connectivity index is 1.98. The van der Waals surface area contributed by atoms with E-state index < -0.39 is 138 Å². The van der Waals surface area contributed by atoms with Gasteiger partial charge in [-0.3, -0.25) is 43.2 Å². The van der Waals surface area contributed by atoms with Crippen LogP contribution in [0.3, 0.4) is 0 Å². The van der Waals surface area contributed by atoms with Gasteiger partial charge in [-0.15, -0.1) is 23.5 Å². The molecular formula is C36H48N10O15S2. The molecule has 14 N–H and O–H groups in total. The third-order valence-corrected chi connectivity index (χ3v) is 12.3. The smallest absolute Gasteiger partial charge is 0.322 e. The number of hydrogen-bond acceptors (Lipinski definition) is 19. The molecule has 4 amide bonds. The van der Waals surface area contributed by atoms with E-state index in [1.807, 2.05) is 0 Å². The van der Waals surface area contributed by atoms with E-state index in [4.69, 9.17) is 31.9 Å². The highest BCUT2D eigenvalue weighted by molar-refractivity contribution is 7.99. The number of Topliss-reactive ketones (excluding diaryl/α,β-unsaturated/α-hetero) is 1. The van der Waals surface area contributed by atoms with Crippen LogP contribution in [-0.4, -0.2) is 153 Å². The number of carbonyl (C=O) groups excluding carboxylic acids is 5. The first-order valence-electron chi connectivity index (χ1n) is 19.1. The van der Waals surface area contributed by atoms with Crippen LogP contribution < -0.4 is 32.7 Å². The standard InChI is InChI=1S/C36H48N10O15S2/c37-18(34(57)58)4-6-23(47)43-21(32(55)41-12-26(50)51)14-62-29(20-8-10-40-36(61)45-20)16-2-1-3-17(28(16)54)30(31-39-11-9-25(49)46-31)63-15-22(33(56)42-13-27(52)53)44-24(48)7-5-19(38)35(59)60/h8-11,16-19,21-22,29-30H,1-7,12-15,37-38H2,(H,41,55)(H,42,56)(H,43,47)(H,44,48)(H,50,51)(H,52,53)(H,57,58)(H,59,60)(H,39,46,49)(H,40,45,61)/t16?,17?,18-,19+,21-,22-,29?,30?/m0/s1. The van der Waals surface area contributed by atoms with E-state index in [2.05, 4.69) is 41.2 Å². The average molecular weight is 925 g/mol. The SMILES string of the molecule is N[C@H](CCC(=O)N[C@@H](CSC(c1nccc(O)n1)C1CCCC(C(SC[C@H](NC(=O)CC[C@H](N)C(=O)O)C(=O)NCC(=O)O)c2ccnc(O)n2)C1=O)C(=O)NCC(=O)O)C(=O)O. The molecule has 2 aromatic rings. The minimum atomic E-state index is -1.44. The fourth-order valence-electron chi connectivity index (χ4n) is 6.21. The van der Waals surface area contributed by atoms with Crippen LogP contribution in [0.15, 0.2) is 24.5 Å². The van der Waals surface area contributed by atoms with Gasteiger partial charge in [0.2, 0.25) is 29.5 Å². The Bertz CT molecular complexity index is 1860. The number of nitrogens with zero attached hydrogens (tertiary/aromatic N) is 4. The maximum absolute atomic E-state index is 14.8. The first kappa shape index (κ1) is 51.2. The van der Waals surface area contributed by atoms with Crippen molar-refractivity contribution in [3.8, 4) is 11.9 Å². The van der Waals surface area contributed by atoms with Crippen LogP contribution in [0, 0.1) is 11.8 Å². The molecule has 2 aromatic heterocycles. The second-order valence-corrected chi connectivity index (χ2v) is 16.4. The summed E-state index contributed by atoms with van der Waals surface area (Å²) in [6, 6.07) is -3.71. The van der Waals surface area contributed by atoms with Crippen LogP contribution in [0.4, 0.5) is 0 Å². The molecule has 0 spiro atoms. The van der Waals surface area contributed by atoms with Gasteiger partial charge in [-0.25, -0.2) is 9.97 Å². The number of nitrogens with two attached hydrogens (primary N) is 2. The Morgan fingerprint density at radius 3 is 1.63 bits per heavy atom. The third kappa shape index (κ3) is 16.9. The number of ketones is 1. The van der Waals surface area contributed by atoms with Crippen LogP contribution in [0.2, 0.25) is 0 Å². The molecule has 1 aliphatic rings. The molecule has 1 fully saturated rings. The average Bonchev–Trinajstić information content (AvgIpc) is 3.22. The number of carbonyl (C=O) groups is 9. The van der Waals surface area contributed by atoms with Crippen molar-refractivity contribution in [2.24, 2.45) is 23.3 Å². The van der Waals surface area contributed by atoms with Gasteiger partial charge in [0, 0.05) is 54.6 Å². The van der Waals surface area contributed by atoms with Crippen molar-refractivity contribution >= 4 is 76.8 Å². The fraction of sp³-hybridized carbons (Fsp3) is 0.528. The Hall–Kier alpha value is -6.19. The normalized spacial score (nSPS) is 17.7. The lowest BCUT2D eigenvalue weighted by atomic mass is 9.76. The van der Waals surface area contributed by atoms with Gasteiger partial charge < -0.3 is 63.4 Å². The highest BCUT2D eigenvalue weighted by Gasteiger charge is 2.44. The minimum Gasteiger partial charge on any atom is -0.493 e. The second kappa shape index (κ2) is 25.1. The van der Waals surface area contributed by atoms with Crippen molar-refractivity contribution in [3.05, 3.63) is 36.0 Å². The van der Waals surface area contributed by atoms with Crippen LogP contribution in [0.1, 0.15) is 67.0 Å². The maximum atomic E-state index is 14.8. The van der Waals surface area contributed by atoms with E-state index in [1.54, 1.807) is 0 Å². The molecule has 1 aliphatic carbocycles. The first-order valence-corrected chi connectivity index (χ1v) is 21.2. The first-order chi connectivity index (χ1) is 29.8. The number of aromatic hydroxyl groups is 2. The summed E-state index contributed by atoms with van der Waals surface area (Å²) in [4.78, 5) is 128. The number of aromatic nitrogens is 4. The highest BCUT2D eigenvalue weighted by atomic mass is 32.2. The number of carboxylic acids is 4. The van der Waals surface area contributed by atoms with Gasteiger partial charge in [-0.2, -0.15) is 9.97 Å². The number of nitrogens with one attached hydrogen (secondary N) is 4. The van der Waals surface area contributed by atoms with Gasteiger partial charge in [-0.1, -0.05) is 6.42 Å². The summed E-state index contributed by atoms with van der Waals surface area (Å²) >= 11 is 1.88. The summed E-state index contributed by atoms with van der Waals surface area (Å²) in [6.07, 6.45) is 1.85. The third-order valence-electron chi connectivity index (χ3n) is 9.38. The lowest BCUT2D eigenvalue weighted by molar-refractivity contribution is -0.140. The van der Waals surface area contributed by atoms with Crippen LogP contribution >= 0.6 is 23.5 Å². The van der Waals surface area contributed by atoms with E-state index in [1.165, 1.54) is 24.5 Å². The largest absolute Gasteiger partial charge is 0.493 e. The number of hydrogen-bond donors (Lipinski definition) is 12. The Kier molecular flexibility index (Phi) is 20.3. The summed E-state index contributed by atoms with van der Waals surface area (Å²) in [6.45, 7) is -1.63. The molecule has 0 aromatic carbocycles. The molecule has 4 unspecified atom stereocenters. The molecular weight excluding hydrogens is 877 g/mol. The molecule has 2 heterocycles. The van der Waals surface area contributed by atoms with E-state index in [0.717, 1.165) is 23.5 Å². The monoisotopic (exact) mass is 924 g/mol. The molecule has 0 bridgehead atoms. The van der Waals surface area contributed by atoms with Gasteiger partial charge in [0.05, 0.1) is 16.2 Å². The molecule has 8 atom stereocenters. The molecule has 1 saturated carbocycles. The van der Waals surface area contributed by atoms with Gasteiger partial charge >= 0.3 is 29.9 Å². The van der Waals surface area contributed by atoms with Crippen molar-refractivity contribution < 1.29 is 73.8 Å². The van der Waals surface area contributed by atoms with Crippen LogP contribution in [0.5, 0.6) is 11.9 Å². The summed E-state index contributed by atoms with van der Waals surface area (Å²) in [5, 5.41) is 64.4. The number of rotatable bonds is 26. The predicted octanol–water partition coefficient (Wildman–Crippen LogP) is -2.33. The van der Waals surface area contributed by atoms with E-state index in [9.17, 15) is 53.4 Å². The lowest BCUT2D eigenvalue weighted by Crippen LogP contribution is -2.50. The molecule has 344 valence electrons. The molecule has 25 nitrogen and oxygen atoms in total. The fourth-order valence-corrected chi connectivity index (χ4v) is 9.05. The van der Waals surface area contributed by atoms with Crippen LogP contribution in [-0.2, 0) is 43.2 Å². The Labute approximate surface area is 366 Å². The highest BCUT2D eigenvalue weighted by Crippen LogP contribution is 2.48. The second-order valence-electron chi connectivity index (χ2n) is 14.0. The molecule has 0 aliphatic heterocycles. The minimum absolute atomic E-state index is 0.0492. The Morgan fingerprint density at radius 2 is 1.17 bits per heavy atom. The molecule has 3 rings (SSSR count). The number of aliphatic carboxylic acids is 4. The number of carboxylic acid groups (broad SMARTS) is 4. The Morgan fingerprint density at radius 1 is 0.698 bits per heavy atom. The van der Waals surface area contributed by atoms with Crippen molar-refractivity contribution in [3.63, 3.8) is 0 Å². The summed E-state index contributed by atoms with van der Waals surface area (Å²) < 4.78 is 0. The topological polar surface area (TPSA) is 427 Å².